The highest BCUT2D eigenvalue weighted by molar-refractivity contribution is 5.76. The van der Waals surface area contributed by atoms with Crippen LogP contribution in [0.2, 0.25) is 0 Å². The highest BCUT2D eigenvalue weighted by Gasteiger charge is 2.29. The van der Waals surface area contributed by atoms with Crippen LogP contribution in [-0.4, -0.2) is 61.2 Å². The van der Waals surface area contributed by atoms with E-state index < -0.39 is 0 Å². The minimum absolute atomic E-state index is 0.160. The van der Waals surface area contributed by atoms with Gasteiger partial charge < -0.3 is 19.3 Å². The second-order valence-electron chi connectivity index (χ2n) is 8.76. The first kappa shape index (κ1) is 22.5. The first-order valence-corrected chi connectivity index (χ1v) is 11.6. The van der Waals surface area contributed by atoms with Crippen LogP contribution < -0.4 is 9.64 Å². The fourth-order valence-corrected chi connectivity index (χ4v) is 4.76. The third kappa shape index (κ3) is 5.04. The van der Waals surface area contributed by atoms with E-state index in [1.807, 2.05) is 17.0 Å². The van der Waals surface area contributed by atoms with Crippen molar-refractivity contribution in [2.75, 3.05) is 45.4 Å². The fourth-order valence-electron chi connectivity index (χ4n) is 4.76. The lowest BCUT2D eigenvalue weighted by Gasteiger charge is -2.34. The number of methoxy groups -OCH3 is 2. The molecule has 4 rings (SSSR count). The third-order valence-corrected chi connectivity index (χ3v) is 6.56. The monoisotopic (exact) mass is 438 g/mol. The molecule has 0 spiro atoms. The number of aromatic nitrogens is 2. The molecule has 1 saturated heterocycles. The number of piperidine rings is 1. The minimum atomic E-state index is 0.160. The number of carbonyl (C=O) groups excluding carboxylic acids is 1. The van der Waals surface area contributed by atoms with Crippen molar-refractivity contribution in [1.29, 1.82) is 0 Å². The van der Waals surface area contributed by atoms with E-state index in [-0.39, 0.29) is 11.8 Å². The summed E-state index contributed by atoms with van der Waals surface area (Å²) in [5.74, 6) is 3.16. The predicted octanol–water partition coefficient (Wildman–Crippen LogP) is 3.49. The molecule has 0 saturated carbocycles. The summed E-state index contributed by atoms with van der Waals surface area (Å²) in [6, 6.07) is 8.25. The number of anilines is 1. The Balaban J connectivity index is 1.54. The molecule has 3 heterocycles. The molecule has 1 fully saturated rings. The quantitative estimate of drug-likeness (QED) is 0.659. The van der Waals surface area contributed by atoms with E-state index >= 15 is 0 Å². The molecule has 0 radical (unpaired) electrons. The molecular weight excluding hydrogens is 404 g/mol. The number of ether oxygens (including phenoxy) is 2. The molecule has 1 amide bonds. The van der Waals surface area contributed by atoms with Crippen LogP contribution in [0.3, 0.4) is 0 Å². The average Bonchev–Trinajstić information content (AvgIpc) is 2.83. The molecule has 2 aromatic rings. The van der Waals surface area contributed by atoms with Gasteiger partial charge in [-0.15, -0.1) is 0 Å². The van der Waals surface area contributed by atoms with Gasteiger partial charge in [0.1, 0.15) is 17.4 Å². The second kappa shape index (κ2) is 10.3. The Kier molecular flexibility index (Phi) is 7.25. The molecule has 1 aromatic heterocycles. The molecule has 0 unspecified atom stereocenters. The van der Waals surface area contributed by atoms with Crippen LogP contribution in [0.15, 0.2) is 24.3 Å². The molecule has 0 bridgehead atoms. The van der Waals surface area contributed by atoms with E-state index in [2.05, 4.69) is 24.0 Å². The maximum atomic E-state index is 12.5. The van der Waals surface area contributed by atoms with Crippen molar-refractivity contribution in [2.45, 2.75) is 51.5 Å². The second-order valence-corrected chi connectivity index (χ2v) is 8.76. The summed E-state index contributed by atoms with van der Waals surface area (Å²) < 4.78 is 10.4. The molecule has 172 valence electrons. The van der Waals surface area contributed by atoms with Crippen LogP contribution in [0.25, 0.3) is 0 Å². The Morgan fingerprint density at radius 2 is 1.94 bits per heavy atom. The van der Waals surface area contributed by atoms with Crippen molar-refractivity contribution in [3.8, 4) is 5.75 Å². The zero-order valence-electron chi connectivity index (χ0n) is 19.5. The number of hydrogen-bond donors (Lipinski definition) is 0. The van der Waals surface area contributed by atoms with Crippen LogP contribution in [0.5, 0.6) is 5.75 Å². The first-order chi connectivity index (χ1) is 15.6. The Labute approximate surface area is 190 Å². The van der Waals surface area contributed by atoms with E-state index in [4.69, 9.17) is 19.4 Å². The third-order valence-electron chi connectivity index (χ3n) is 6.56. The van der Waals surface area contributed by atoms with Gasteiger partial charge in [0.05, 0.1) is 20.1 Å². The molecule has 1 aromatic carbocycles. The Morgan fingerprint density at radius 1 is 1.12 bits per heavy atom. The number of amides is 1. The minimum Gasteiger partial charge on any atom is -0.497 e. The standard InChI is InChI=1S/C25H34N4O3/c1-18-22-7-5-14-29(16-19-8-10-21(32-3)11-9-19)25(22)27-24(26-18)20-6-4-13-28(17-20)23(30)12-15-31-2/h8-11,20H,4-7,12-17H2,1-3H3/t20-/m1/s1. The molecule has 1 atom stereocenters. The predicted molar refractivity (Wildman–Crippen MR) is 124 cm³/mol. The summed E-state index contributed by atoms with van der Waals surface area (Å²) in [4.78, 5) is 26.9. The van der Waals surface area contributed by atoms with Crippen LogP contribution in [0, 0.1) is 6.92 Å². The lowest BCUT2D eigenvalue weighted by Crippen LogP contribution is -2.40. The smallest absolute Gasteiger partial charge is 0.224 e. The number of fused-ring (bicyclic) bond motifs is 1. The first-order valence-electron chi connectivity index (χ1n) is 11.6. The Bertz CT molecular complexity index is 932. The van der Waals surface area contributed by atoms with Crippen molar-refractivity contribution >= 4 is 11.7 Å². The van der Waals surface area contributed by atoms with Gasteiger partial charge in [0, 0.05) is 50.5 Å². The van der Waals surface area contributed by atoms with Crippen molar-refractivity contribution < 1.29 is 14.3 Å². The normalized spacial score (nSPS) is 18.4. The summed E-state index contributed by atoms with van der Waals surface area (Å²) in [6.45, 7) is 5.88. The number of aryl methyl sites for hydroxylation is 1. The average molecular weight is 439 g/mol. The van der Waals surface area contributed by atoms with Crippen molar-refractivity contribution in [1.82, 2.24) is 14.9 Å². The lowest BCUT2D eigenvalue weighted by atomic mass is 9.95. The highest BCUT2D eigenvalue weighted by Crippen LogP contribution is 2.32. The topological polar surface area (TPSA) is 67.8 Å². The lowest BCUT2D eigenvalue weighted by molar-refractivity contribution is -0.133. The fraction of sp³-hybridized carbons (Fsp3) is 0.560. The zero-order valence-corrected chi connectivity index (χ0v) is 19.5. The van der Waals surface area contributed by atoms with Crippen molar-refractivity contribution in [2.24, 2.45) is 0 Å². The molecule has 2 aliphatic rings. The molecule has 32 heavy (non-hydrogen) atoms. The number of rotatable bonds is 7. The van der Waals surface area contributed by atoms with Gasteiger partial charge in [-0.1, -0.05) is 12.1 Å². The van der Waals surface area contributed by atoms with Gasteiger partial charge in [0.25, 0.3) is 0 Å². The van der Waals surface area contributed by atoms with E-state index in [0.717, 1.165) is 68.4 Å². The number of likely N-dealkylation sites (tertiary alicyclic amines) is 1. The van der Waals surface area contributed by atoms with Gasteiger partial charge in [0.15, 0.2) is 0 Å². The maximum Gasteiger partial charge on any atom is 0.224 e. The zero-order chi connectivity index (χ0) is 22.5. The molecule has 7 nitrogen and oxygen atoms in total. The molecule has 0 aliphatic carbocycles. The Hall–Kier alpha value is -2.67. The summed E-state index contributed by atoms with van der Waals surface area (Å²) in [5.41, 5.74) is 3.58. The van der Waals surface area contributed by atoms with Gasteiger partial charge in [-0.05, 0) is 50.3 Å². The Morgan fingerprint density at radius 3 is 2.69 bits per heavy atom. The molecule has 7 heteroatoms. The maximum absolute atomic E-state index is 12.5. The van der Waals surface area contributed by atoms with E-state index in [9.17, 15) is 4.79 Å². The van der Waals surface area contributed by atoms with E-state index in [1.54, 1.807) is 14.2 Å². The largest absolute Gasteiger partial charge is 0.497 e. The van der Waals surface area contributed by atoms with Crippen LogP contribution in [-0.2, 0) is 22.5 Å². The highest BCUT2D eigenvalue weighted by atomic mass is 16.5. The number of carbonyl (C=O) groups is 1. The van der Waals surface area contributed by atoms with Gasteiger partial charge in [-0.2, -0.15) is 0 Å². The number of nitrogens with zero attached hydrogens (tertiary/aromatic N) is 4. The molecule has 2 aliphatic heterocycles. The van der Waals surface area contributed by atoms with Crippen molar-refractivity contribution in [3.63, 3.8) is 0 Å². The van der Waals surface area contributed by atoms with E-state index in [1.165, 1.54) is 11.1 Å². The van der Waals surface area contributed by atoms with Crippen LogP contribution in [0.1, 0.15) is 54.2 Å². The van der Waals surface area contributed by atoms with Gasteiger partial charge >= 0.3 is 0 Å². The molecular formula is C25H34N4O3. The number of hydrogen-bond acceptors (Lipinski definition) is 6. The van der Waals surface area contributed by atoms with E-state index in [0.29, 0.717) is 19.6 Å². The summed E-state index contributed by atoms with van der Waals surface area (Å²) in [7, 11) is 3.32. The summed E-state index contributed by atoms with van der Waals surface area (Å²) in [6.07, 6.45) is 4.57. The van der Waals surface area contributed by atoms with Crippen molar-refractivity contribution in [3.05, 3.63) is 46.9 Å². The molecule has 0 N–H and O–H groups in total. The van der Waals surface area contributed by atoms with Crippen LogP contribution >= 0.6 is 0 Å². The van der Waals surface area contributed by atoms with Gasteiger partial charge in [0.2, 0.25) is 5.91 Å². The van der Waals surface area contributed by atoms with Crippen LogP contribution in [0.4, 0.5) is 5.82 Å². The number of benzene rings is 1. The summed E-state index contributed by atoms with van der Waals surface area (Å²) >= 11 is 0. The van der Waals surface area contributed by atoms with Gasteiger partial charge in [-0.3, -0.25) is 4.79 Å². The SMILES string of the molecule is COCCC(=O)N1CCC[C@@H](c2nc(C)c3c(n2)N(Cc2ccc(OC)cc2)CCC3)C1. The van der Waals surface area contributed by atoms with Gasteiger partial charge in [-0.25, -0.2) is 9.97 Å². The summed E-state index contributed by atoms with van der Waals surface area (Å²) in [5, 5.41) is 0.